The van der Waals surface area contributed by atoms with E-state index in [1.165, 1.54) is 0 Å². The summed E-state index contributed by atoms with van der Waals surface area (Å²) in [5.41, 5.74) is 1.96. The molecule has 0 radical (unpaired) electrons. The molecule has 1 atom stereocenters. The predicted octanol–water partition coefficient (Wildman–Crippen LogP) is 2.11. The number of hydrogen-bond acceptors (Lipinski definition) is 2. The quantitative estimate of drug-likeness (QED) is 0.475. The Kier molecular flexibility index (Phi) is 1.59. The van der Waals surface area contributed by atoms with Gasteiger partial charge in [-0.1, -0.05) is 17.7 Å². The normalized spacial score (nSPS) is 21.8. The van der Waals surface area contributed by atoms with Crippen molar-refractivity contribution < 1.29 is 4.74 Å². The highest BCUT2D eigenvalue weighted by Gasteiger charge is 2.27. The van der Waals surface area contributed by atoms with Crippen LogP contribution in [0.1, 0.15) is 17.4 Å². The lowest BCUT2D eigenvalue weighted by Gasteiger charge is -1.98. The van der Waals surface area contributed by atoms with Crippen LogP contribution in [0.15, 0.2) is 12.1 Å². The molecule has 0 N–H and O–H groups in total. The summed E-state index contributed by atoms with van der Waals surface area (Å²) in [5.74, 6) is 0. The van der Waals surface area contributed by atoms with Gasteiger partial charge in [0, 0.05) is 11.3 Å². The Hall–Kier alpha value is -0.600. The highest BCUT2D eigenvalue weighted by molar-refractivity contribution is 6.30. The van der Waals surface area contributed by atoms with Crippen molar-refractivity contribution in [1.29, 1.82) is 0 Å². The van der Waals surface area contributed by atoms with E-state index in [0.29, 0.717) is 5.15 Å². The van der Waals surface area contributed by atoms with Crippen molar-refractivity contribution >= 4 is 11.6 Å². The molecule has 2 heterocycles. The van der Waals surface area contributed by atoms with Crippen LogP contribution in [0.5, 0.6) is 0 Å². The third-order valence-corrected chi connectivity index (χ3v) is 2.00. The minimum absolute atomic E-state index is 0.204. The summed E-state index contributed by atoms with van der Waals surface area (Å²) in [6.45, 7) is 2.70. The van der Waals surface area contributed by atoms with E-state index in [4.69, 9.17) is 16.3 Å². The molecule has 1 aromatic rings. The summed E-state index contributed by atoms with van der Waals surface area (Å²) in [5, 5.41) is 0.576. The highest BCUT2D eigenvalue weighted by atomic mass is 35.5. The molecule has 0 spiro atoms. The Morgan fingerprint density at radius 1 is 1.64 bits per heavy atom. The van der Waals surface area contributed by atoms with Gasteiger partial charge >= 0.3 is 0 Å². The van der Waals surface area contributed by atoms with Crippen molar-refractivity contribution in [2.24, 2.45) is 0 Å². The van der Waals surface area contributed by atoms with Crippen molar-refractivity contribution in [1.82, 2.24) is 4.98 Å². The van der Waals surface area contributed by atoms with Crippen LogP contribution in [0.4, 0.5) is 0 Å². The van der Waals surface area contributed by atoms with Crippen molar-refractivity contribution in [3.63, 3.8) is 0 Å². The summed E-state index contributed by atoms with van der Waals surface area (Å²) < 4.78 is 5.09. The molecule has 0 saturated carbocycles. The molecule has 2 rings (SSSR count). The van der Waals surface area contributed by atoms with Gasteiger partial charge in [-0.25, -0.2) is 4.98 Å². The van der Waals surface area contributed by atoms with E-state index in [1.807, 2.05) is 19.1 Å². The summed E-state index contributed by atoms with van der Waals surface area (Å²) in [7, 11) is 0. The lowest BCUT2D eigenvalue weighted by Crippen LogP contribution is -1.88. The van der Waals surface area contributed by atoms with Gasteiger partial charge in [0.25, 0.3) is 0 Å². The summed E-state index contributed by atoms with van der Waals surface area (Å²) in [4.78, 5) is 4.12. The Labute approximate surface area is 70.2 Å². The van der Waals surface area contributed by atoms with E-state index in [9.17, 15) is 0 Å². The van der Waals surface area contributed by atoms with Crippen LogP contribution in [-0.2, 0) is 4.74 Å². The number of nitrogens with zero attached hydrogens (tertiary/aromatic N) is 1. The molecule has 1 fully saturated rings. The fraction of sp³-hybridized carbons (Fsp3) is 0.375. The van der Waals surface area contributed by atoms with E-state index in [1.54, 1.807) is 0 Å². The van der Waals surface area contributed by atoms with Gasteiger partial charge in [-0.2, -0.15) is 0 Å². The minimum Gasteiger partial charge on any atom is -0.368 e. The van der Waals surface area contributed by atoms with Gasteiger partial charge in [0.1, 0.15) is 11.3 Å². The molecule has 0 aromatic carbocycles. The molecular formula is C8H8ClNO. The third-order valence-electron chi connectivity index (χ3n) is 1.70. The monoisotopic (exact) mass is 169 g/mol. The van der Waals surface area contributed by atoms with Gasteiger partial charge in [0.15, 0.2) is 0 Å². The van der Waals surface area contributed by atoms with Crippen LogP contribution < -0.4 is 0 Å². The van der Waals surface area contributed by atoms with Crippen molar-refractivity contribution in [2.45, 2.75) is 13.0 Å². The molecule has 1 aromatic heterocycles. The number of hydrogen-bond donors (Lipinski definition) is 0. The van der Waals surface area contributed by atoms with Crippen LogP contribution in [0, 0.1) is 6.92 Å². The van der Waals surface area contributed by atoms with Crippen LogP contribution in [0.2, 0.25) is 5.15 Å². The van der Waals surface area contributed by atoms with E-state index in [2.05, 4.69) is 4.98 Å². The summed E-state index contributed by atoms with van der Waals surface area (Å²) in [6, 6.07) is 3.92. The fourth-order valence-electron chi connectivity index (χ4n) is 1.00. The molecule has 0 bridgehead atoms. The van der Waals surface area contributed by atoms with Gasteiger partial charge in [-0.05, 0) is 13.0 Å². The van der Waals surface area contributed by atoms with Crippen molar-refractivity contribution in [2.75, 3.05) is 6.61 Å². The molecule has 1 aliphatic rings. The highest BCUT2D eigenvalue weighted by Crippen LogP contribution is 2.33. The van der Waals surface area contributed by atoms with Crippen molar-refractivity contribution in [3.8, 4) is 0 Å². The lowest BCUT2D eigenvalue weighted by molar-refractivity contribution is 0.415. The molecule has 1 saturated heterocycles. The van der Waals surface area contributed by atoms with Crippen LogP contribution in [0.3, 0.4) is 0 Å². The number of pyridine rings is 1. The minimum atomic E-state index is 0.204. The molecule has 2 nitrogen and oxygen atoms in total. The van der Waals surface area contributed by atoms with Crippen LogP contribution in [0.25, 0.3) is 0 Å². The van der Waals surface area contributed by atoms with Crippen LogP contribution >= 0.6 is 11.6 Å². The molecule has 0 amide bonds. The Balaban J connectivity index is 2.39. The van der Waals surface area contributed by atoms with Gasteiger partial charge in [-0.15, -0.1) is 0 Å². The first kappa shape index (κ1) is 7.07. The number of ether oxygens (including phenoxy) is 1. The Morgan fingerprint density at radius 2 is 2.36 bits per heavy atom. The van der Waals surface area contributed by atoms with E-state index in [0.717, 1.165) is 17.9 Å². The van der Waals surface area contributed by atoms with E-state index in [-0.39, 0.29) is 6.10 Å². The second kappa shape index (κ2) is 2.47. The zero-order valence-corrected chi connectivity index (χ0v) is 6.93. The maximum absolute atomic E-state index is 5.87. The molecule has 0 unspecified atom stereocenters. The van der Waals surface area contributed by atoms with Gasteiger partial charge in [0.2, 0.25) is 0 Å². The largest absolute Gasteiger partial charge is 0.368 e. The maximum Gasteiger partial charge on any atom is 0.135 e. The number of aromatic nitrogens is 1. The second-order valence-corrected chi connectivity index (χ2v) is 3.01. The van der Waals surface area contributed by atoms with E-state index < -0.39 is 0 Å². The number of rotatable bonds is 1. The third kappa shape index (κ3) is 1.37. The summed E-state index contributed by atoms with van der Waals surface area (Å²) in [6.07, 6.45) is 0.204. The zero-order valence-electron chi connectivity index (χ0n) is 6.17. The van der Waals surface area contributed by atoms with Crippen LogP contribution in [-0.4, -0.2) is 11.6 Å². The molecule has 11 heavy (non-hydrogen) atoms. The molecule has 0 aliphatic carbocycles. The lowest BCUT2D eigenvalue weighted by atomic mass is 10.2. The van der Waals surface area contributed by atoms with Crippen molar-refractivity contribution in [3.05, 3.63) is 28.5 Å². The Morgan fingerprint density at radius 3 is 2.91 bits per heavy atom. The maximum atomic E-state index is 5.87. The number of halogens is 1. The first-order valence-electron chi connectivity index (χ1n) is 3.52. The molecule has 58 valence electrons. The number of aryl methyl sites for hydroxylation is 1. The summed E-state index contributed by atoms with van der Waals surface area (Å²) >= 11 is 5.87. The molecule has 1 aliphatic heterocycles. The molecular weight excluding hydrogens is 162 g/mol. The fourth-order valence-corrected chi connectivity index (χ4v) is 1.32. The Bertz CT molecular complexity index is 283. The SMILES string of the molecule is Cc1ccc([C@@H]2CO2)c(Cl)n1. The average molecular weight is 170 g/mol. The topological polar surface area (TPSA) is 25.4 Å². The second-order valence-electron chi connectivity index (χ2n) is 2.65. The zero-order chi connectivity index (χ0) is 7.84. The average Bonchev–Trinajstić information content (AvgIpc) is 2.70. The molecule has 3 heteroatoms. The standard InChI is InChI=1S/C8H8ClNO/c1-5-2-3-6(7-4-11-7)8(9)10-5/h2-3,7H,4H2,1H3/t7-/m0/s1. The number of epoxide rings is 1. The van der Waals surface area contributed by atoms with Gasteiger partial charge in [-0.3, -0.25) is 0 Å². The van der Waals surface area contributed by atoms with Gasteiger partial charge in [0.05, 0.1) is 6.61 Å². The predicted molar refractivity (Wildman–Crippen MR) is 42.7 cm³/mol. The van der Waals surface area contributed by atoms with Gasteiger partial charge < -0.3 is 4.74 Å². The smallest absolute Gasteiger partial charge is 0.135 e. The first-order valence-corrected chi connectivity index (χ1v) is 3.90. The van der Waals surface area contributed by atoms with E-state index >= 15 is 0 Å². The first-order chi connectivity index (χ1) is 5.27.